The third-order valence-electron chi connectivity index (χ3n) is 4.94. The highest BCUT2D eigenvalue weighted by Crippen LogP contribution is 2.33. The van der Waals surface area contributed by atoms with Crippen molar-refractivity contribution in [3.05, 3.63) is 77.2 Å². The standard InChI is InChI=1S/C23H22N4O4/c1-26-19-13-18(25-22(28)24-15-9-11-16(30-3)12-10-15)21(14-20(19)27(2)23(26)29)31-17-7-5-4-6-8-17/h4-14H,1-3H3,(H2,24,25,28). The summed E-state index contributed by atoms with van der Waals surface area (Å²) < 4.78 is 14.2. The summed E-state index contributed by atoms with van der Waals surface area (Å²) in [6, 6.07) is 19.2. The van der Waals surface area contributed by atoms with Gasteiger partial charge >= 0.3 is 11.7 Å². The third-order valence-corrected chi connectivity index (χ3v) is 4.94. The molecule has 0 aliphatic carbocycles. The number of methoxy groups -OCH3 is 1. The second kappa shape index (κ2) is 8.27. The smallest absolute Gasteiger partial charge is 0.328 e. The molecule has 0 saturated carbocycles. The fourth-order valence-corrected chi connectivity index (χ4v) is 3.28. The Morgan fingerprint density at radius 1 is 0.839 bits per heavy atom. The molecular weight excluding hydrogens is 396 g/mol. The minimum absolute atomic E-state index is 0.166. The quantitative estimate of drug-likeness (QED) is 0.505. The number of ether oxygens (including phenoxy) is 2. The van der Waals surface area contributed by atoms with Crippen LogP contribution in [-0.4, -0.2) is 22.3 Å². The maximum absolute atomic E-state index is 12.7. The second-order valence-corrected chi connectivity index (χ2v) is 6.96. The minimum atomic E-state index is -0.441. The first kappa shape index (κ1) is 20.1. The van der Waals surface area contributed by atoms with Gasteiger partial charge in [-0.3, -0.25) is 9.13 Å². The molecule has 0 unspecified atom stereocenters. The number of carbonyl (C=O) groups is 1. The van der Waals surface area contributed by atoms with E-state index in [0.29, 0.717) is 39.7 Å². The summed E-state index contributed by atoms with van der Waals surface area (Å²) in [7, 11) is 4.96. The number of urea groups is 1. The highest BCUT2D eigenvalue weighted by molar-refractivity contribution is 6.02. The number of nitrogens with zero attached hydrogens (tertiary/aromatic N) is 2. The van der Waals surface area contributed by atoms with Crippen LogP contribution in [0.5, 0.6) is 17.2 Å². The van der Waals surface area contributed by atoms with Gasteiger partial charge < -0.3 is 20.1 Å². The van der Waals surface area contributed by atoms with Gasteiger partial charge in [-0.25, -0.2) is 9.59 Å². The van der Waals surface area contributed by atoms with Crippen LogP contribution in [0.1, 0.15) is 0 Å². The van der Waals surface area contributed by atoms with E-state index in [0.717, 1.165) is 0 Å². The molecule has 8 heteroatoms. The van der Waals surface area contributed by atoms with Crippen molar-refractivity contribution in [3.63, 3.8) is 0 Å². The van der Waals surface area contributed by atoms with Crippen molar-refractivity contribution >= 4 is 28.4 Å². The zero-order valence-corrected chi connectivity index (χ0v) is 17.4. The first-order valence-electron chi connectivity index (χ1n) is 9.60. The Labute approximate surface area is 178 Å². The molecule has 0 spiro atoms. The summed E-state index contributed by atoms with van der Waals surface area (Å²) in [5.74, 6) is 1.73. The summed E-state index contributed by atoms with van der Waals surface area (Å²) in [4.78, 5) is 25.0. The van der Waals surface area contributed by atoms with E-state index in [9.17, 15) is 9.59 Å². The van der Waals surface area contributed by atoms with E-state index in [-0.39, 0.29) is 5.69 Å². The maximum atomic E-state index is 12.7. The number of hydrogen-bond acceptors (Lipinski definition) is 4. The molecule has 0 saturated heterocycles. The number of aromatic nitrogens is 2. The molecule has 0 bridgehead atoms. The summed E-state index contributed by atoms with van der Waals surface area (Å²) >= 11 is 0. The van der Waals surface area contributed by atoms with Gasteiger partial charge in [-0.15, -0.1) is 0 Å². The molecule has 1 aromatic heterocycles. The van der Waals surface area contributed by atoms with Crippen LogP contribution in [-0.2, 0) is 14.1 Å². The Balaban J connectivity index is 1.68. The minimum Gasteiger partial charge on any atom is -0.497 e. The Morgan fingerprint density at radius 3 is 2.13 bits per heavy atom. The summed E-state index contributed by atoms with van der Waals surface area (Å²) in [5, 5.41) is 5.60. The Morgan fingerprint density at radius 2 is 1.48 bits per heavy atom. The van der Waals surface area contributed by atoms with Gasteiger partial charge in [-0.2, -0.15) is 0 Å². The zero-order chi connectivity index (χ0) is 22.0. The zero-order valence-electron chi connectivity index (χ0n) is 17.4. The molecular formula is C23H22N4O4. The number of amides is 2. The molecule has 31 heavy (non-hydrogen) atoms. The summed E-state index contributed by atoms with van der Waals surface area (Å²) in [6.45, 7) is 0. The number of anilines is 2. The Hall–Kier alpha value is -4.20. The van der Waals surface area contributed by atoms with E-state index in [1.165, 1.54) is 9.13 Å². The SMILES string of the molecule is COc1ccc(NC(=O)Nc2cc3c(cc2Oc2ccccc2)n(C)c(=O)n3C)cc1. The highest BCUT2D eigenvalue weighted by atomic mass is 16.5. The number of imidazole rings is 1. The van der Waals surface area contributed by atoms with E-state index in [1.807, 2.05) is 30.3 Å². The third kappa shape index (κ3) is 4.09. The first-order chi connectivity index (χ1) is 15.0. The highest BCUT2D eigenvalue weighted by Gasteiger charge is 2.16. The average Bonchev–Trinajstić information content (AvgIpc) is 2.99. The predicted molar refractivity (Wildman–Crippen MR) is 120 cm³/mol. The van der Waals surface area contributed by atoms with Gasteiger partial charge in [0.05, 0.1) is 23.8 Å². The maximum Gasteiger partial charge on any atom is 0.328 e. The van der Waals surface area contributed by atoms with E-state index >= 15 is 0 Å². The normalized spacial score (nSPS) is 10.7. The number of para-hydroxylation sites is 1. The van der Waals surface area contributed by atoms with E-state index in [1.54, 1.807) is 57.6 Å². The fraction of sp³-hybridized carbons (Fsp3) is 0.130. The van der Waals surface area contributed by atoms with Crippen molar-refractivity contribution < 1.29 is 14.3 Å². The van der Waals surface area contributed by atoms with Crippen molar-refractivity contribution in [1.82, 2.24) is 9.13 Å². The van der Waals surface area contributed by atoms with Crippen LogP contribution >= 0.6 is 0 Å². The van der Waals surface area contributed by atoms with Gasteiger partial charge in [0.15, 0.2) is 5.75 Å². The molecule has 4 rings (SSSR count). The first-order valence-corrected chi connectivity index (χ1v) is 9.60. The molecule has 8 nitrogen and oxygen atoms in total. The monoisotopic (exact) mass is 418 g/mol. The van der Waals surface area contributed by atoms with Crippen molar-refractivity contribution in [2.75, 3.05) is 17.7 Å². The van der Waals surface area contributed by atoms with Crippen LogP contribution < -0.4 is 25.8 Å². The van der Waals surface area contributed by atoms with Crippen LogP contribution in [0.25, 0.3) is 11.0 Å². The van der Waals surface area contributed by atoms with Crippen LogP contribution in [0.4, 0.5) is 16.2 Å². The number of benzene rings is 3. The number of fused-ring (bicyclic) bond motifs is 1. The van der Waals surface area contributed by atoms with Crippen LogP contribution in [0, 0.1) is 0 Å². The molecule has 158 valence electrons. The molecule has 4 aromatic rings. The largest absolute Gasteiger partial charge is 0.497 e. The summed E-state index contributed by atoms with van der Waals surface area (Å²) in [5.41, 5.74) is 2.24. The topological polar surface area (TPSA) is 86.5 Å². The lowest BCUT2D eigenvalue weighted by molar-refractivity contribution is 0.262. The lowest BCUT2D eigenvalue weighted by Crippen LogP contribution is -2.20. The number of nitrogens with one attached hydrogen (secondary N) is 2. The van der Waals surface area contributed by atoms with Gasteiger partial charge in [0.25, 0.3) is 0 Å². The number of rotatable bonds is 5. The van der Waals surface area contributed by atoms with E-state index in [4.69, 9.17) is 9.47 Å². The molecule has 0 aliphatic rings. The number of hydrogen-bond donors (Lipinski definition) is 2. The number of aryl methyl sites for hydroxylation is 2. The molecule has 2 amide bonds. The molecule has 0 atom stereocenters. The van der Waals surface area contributed by atoms with Gasteiger partial charge in [0, 0.05) is 25.8 Å². The van der Waals surface area contributed by atoms with Crippen molar-refractivity contribution in [3.8, 4) is 17.2 Å². The number of carbonyl (C=O) groups excluding carboxylic acids is 1. The summed E-state index contributed by atoms with van der Waals surface area (Å²) in [6.07, 6.45) is 0. The Kier molecular flexibility index (Phi) is 5.36. The van der Waals surface area contributed by atoms with Crippen molar-refractivity contribution in [2.45, 2.75) is 0 Å². The lowest BCUT2D eigenvalue weighted by Gasteiger charge is -2.14. The van der Waals surface area contributed by atoms with Crippen molar-refractivity contribution in [1.29, 1.82) is 0 Å². The van der Waals surface area contributed by atoms with Crippen molar-refractivity contribution in [2.24, 2.45) is 14.1 Å². The molecule has 2 N–H and O–H groups in total. The van der Waals surface area contributed by atoms with Gasteiger partial charge in [0.1, 0.15) is 11.5 Å². The second-order valence-electron chi connectivity index (χ2n) is 6.96. The lowest BCUT2D eigenvalue weighted by atomic mass is 10.2. The van der Waals surface area contributed by atoms with Crippen LogP contribution in [0.3, 0.4) is 0 Å². The Bertz CT molecular complexity index is 1290. The van der Waals surface area contributed by atoms with E-state index in [2.05, 4.69) is 10.6 Å². The molecule has 0 aliphatic heterocycles. The molecule has 0 radical (unpaired) electrons. The van der Waals surface area contributed by atoms with Gasteiger partial charge in [0.2, 0.25) is 0 Å². The van der Waals surface area contributed by atoms with E-state index < -0.39 is 6.03 Å². The predicted octanol–water partition coefficient (Wildman–Crippen LogP) is 4.32. The fourth-order valence-electron chi connectivity index (χ4n) is 3.28. The molecule has 3 aromatic carbocycles. The van der Waals surface area contributed by atoms with Gasteiger partial charge in [-0.05, 0) is 42.5 Å². The molecule has 1 heterocycles. The van der Waals surface area contributed by atoms with Crippen LogP contribution in [0.15, 0.2) is 71.5 Å². The average molecular weight is 418 g/mol. The van der Waals surface area contributed by atoms with Gasteiger partial charge in [-0.1, -0.05) is 18.2 Å². The molecule has 0 fully saturated rings. The van der Waals surface area contributed by atoms with Crippen LogP contribution in [0.2, 0.25) is 0 Å².